The Balaban J connectivity index is 0.00000240. The minimum absolute atomic E-state index is 0. The summed E-state index contributed by atoms with van der Waals surface area (Å²) in [6, 6.07) is 6.71. The maximum Gasteiger partial charge on any atom is 0.228 e. The molecule has 1 N–H and O–H groups in total. The van der Waals surface area contributed by atoms with E-state index in [0.29, 0.717) is 35.8 Å². The second-order valence-electron chi connectivity index (χ2n) is 8.16. The molecular weight excluding hydrogens is 394 g/mol. The van der Waals surface area contributed by atoms with Gasteiger partial charge in [0.15, 0.2) is 0 Å². The Bertz CT molecular complexity index is 762. The molecule has 0 spiro atoms. The number of halogens is 1. The van der Waals surface area contributed by atoms with E-state index >= 15 is 0 Å². The predicted molar refractivity (Wildman–Crippen MR) is 113 cm³/mol. The number of anilines is 1. The highest BCUT2D eigenvalue weighted by Crippen LogP contribution is 2.37. The highest BCUT2D eigenvalue weighted by Gasteiger charge is 2.41. The highest BCUT2D eigenvalue weighted by molar-refractivity contribution is 6.01. The number of fused-ring (bicyclic) bond motifs is 2. The first-order valence-corrected chi connectivity index (χ1v) is 10.0. The van der Waals surface area contributed by atoms with Gasteiger partial charge in [0, 0.05) is 44.2 Å². The summed E-state index contributed by atoms with van der Waals surface area (Å²) in [7, 11) is 5.06. The zero-order valence-electron chi connectivity index (χ0n) is 17.2. The zero-order valence-corrected chi connectivity index (χ0v) is 18.0. The molecule has 0 aliphatic carbocycles. The molecule has 3 heterocycles. The molecule has 0 radical (unpaired) electrons. The van der Waals surface area contributed by atoms with Crippen molar-refractivity contribution < 1.29 is 19.1 Å². The van der Waals surface area contributed by atoms with Crippen LogP contribution in [0.1, 0.15) is 32.1 Å². The fourth-order valence-electron chi connectivity index (χ4n) is 4.93. The van der Waals surface area contributed by atoms with E-state index in [1.807, 2.05) is 18.0 Å². The van der Waals surface area contributed by atoms with E-state index in [1.165, 1.54) is 12.8 Å². The van der Waals surface area contributed by atoms with Crippen molar-refractivity contribution in [3.8, 4) is 11.5 Å². The standard InChI is InChI=1S/C21H29N3O4.ClH/c1-23(16-9-14-4-5-15(10-16)22-14)21(26)13-8-20(25)24(12-13)18-7-6-17(27-2)11-19(18)28-3;/h6-7,11,13-16,22H,4-5,8-10,12H2,1-3H3;1H. The summed E-state index contributed by atoms with van der Waals surface area (Å²) in [6.45, 7) is 0.391. The molecule has 8 heteroatoms. The first kappa shape index (κ1) is 21.7. The van der Waals surface area contributed by atoms with Crippen molar-refractivity contribution in [2.75, 3.05) is 32.7 Å². The Morgan fingerprint density at radius 3 is 2.48 bits per heavy atom. The van der Waals surface area contributed by atoms with Crippen molar-refractivity contribution in [1.29, 1.82) is 0 Å². The summed E-state index contributed by atoms with van der Waals surface area (Å²) >= 11 is 0. The number of methoxy groups -OCH3 is 2. The lowest BCUT2D eigenvalue weighted by Gasteiger charge is -2.36. The summed E-state index contributed by atoms with van der Waals surface area (Å²) in [5.41, 5.74) is 0.686. The number of carbonyl (C=O) groups is 2. The van der Waals surface area contributed by atoms with Gasteiger partial charge in [-0.3, -0.25) is 9.59 Å². The van der Waals surface area contributed by atoms with Gasteiger partial charge >= 0.3 is 0 Å². The molecule has 0 aromatic heterocycles. The normalized spacial score (nSPS) is 28.1. The van der Waals surface area contributed by atoms with Crippen molar-refractivity contribution in [3.63, 3.8) is 0 Å². The van der Waals surface area contributed by atoms with E-state index < -0.39 is 0 Å². The van der Waals surface area contributed by atoms with Gasteiger partial charge in [0.2, 0.25) is 11.8 Å². The van der Waals surface area contributed by atoms with Crippen LogP contribution in [0.4, 0.5) is 5.69 Å². The number of carbonyl (C=O) groups excluding carboxylic acids is 2. The van der Waals surface area contributed by atoms with E-state index in [1.54, 1.807) is 31.3 Å². The lowest BCUT2D eigenvalue weighted by atomic mass is 9.97. The zero-order chi connectivity index (χ0) is 19.8. The quantitative estimate of drug-likeness (QED) is 0.786. The number of hydrogen-bond acceptors (Lipinski definition) is 5. The van der Waals surface area contributed by atoms with Crippen LogP contribution < -0.4 is 19.7 Å². The first-order chi connectivity index (χ1) is 13.5. The molecule has 0 saturated carbocycles. The van der Waals surface area contributed by atoms with Gasteiger partial charge in [0.05, 0.1) is 25.8 Å². The highest BCUT2D eigenvalue weighted by atomic mass is 35.5. The monoisotopic (exact) mass is 423 g/mol. The number of rotatable bonds is 5. The molecule has 2 amide bonds. The number of benzene rings is 1. The molecule has 4 rings (SSSR count). The molecule has 2 bridgehead atoms. The van der Waals surface area contributed by atoms with Crippen LogP contribution in [-0.2, 0) is 9.59 Å². The summed E-state index contributed by atoms with van der Waals surface area (Å²) < 4.78 is 10.7. The van der Waals surface area contributed by atoms with Crippen LogP contribution in [0.3, 0.4) is 0 Å². The molecule has 160 valence electrons. The number of hydrogen-bond donors (Lipinski definition) is 1. The topological polar surface area (TPSA) is 71.1 Å². The number of nitrogens with zero attached hydrogens (tertiary/aromatic N) is 2. The van der Waals surface area contributed by atoms with Crippen LogP contribution in [0.5, 0.6) is 11.5 Å². The SMILES string of the molecule is COc1ccc(N2CC(C(=O)N(C)C3CC4CCC(C3)N4)CC2=O)c(OC)c1.Cl. The molecule has 1 aromatic carbocycles. The lowest BCUT2D eigenvalue weighted by molar-refractivity contribution is -0.137. The van der Waals surface area contributed by atoms with Crippen molar-refractivity contribution in [2.45, 2.75) is 50.2 Å². The third kappa shape index (κ3) is 4.16. The van der Waals surface area contributed by atoms with Crippen molar-refractivity contribution in [3.05, 3.63) is 18.2 Å². The summed E-state index contributed by atoms with van der Waals surface area (Å²) in [5, 5.41) is 3.62. The number of amides is 2. The van der Waals surface area contributed by atoms with Gasteiger partial charge in [0.1, 0.15) is 11.5 Å². The molecule has 3 unspecified atom stereocenters. The van der Waals surface area contributed by atoms with E-state index in [2.05, 4.69) is 5.32 Å². The Hall–Kier alpha value is -1.99. The van der Waals surface area contributed by atoms with Crippen molar-refractivity contribution in [1.82, 2.24) is 10.2 Å². The van der Waals surface area contributed by atoms with Gasteiger partial charge in [-0.05, 0) is 37.8 Å². The molecule has 3 aliphatic heterocycles. The molecular formula is C21H30ClN3O4. The van der Waals surface area contributed by atoms with Gasteiger partial charge in [0.25, 0.3) is 0 Å². The molecule has 1 aromatic rings. The fraction of sp³-hybridized carbons (Fsp3) is 0.619. The Morgan fingerprint density at radius 2 is 1.86 bits per heavy atom. The first-order valence-electron chi connectivity index (χ1n) is 10.0. The van der Waals surface area contributed by atoms with Crippen LogP contribution in [0.2, 0.25) is 0 Å². The largest absolute Gasteiger partial charge is 0.497 e. The van der Waals surface area contributed by atoms with E-state index in [4.69, 9.17) is 9.47 Å². The second kappa shape index (κ2) is 8.79. The maximum absolute atomic E-state index is 13.1. The van der Waals surface area contributed by atoms with Crippen LogP contribution in [0, 0.1) is 5.92 Å². The van der Waals surface area contributed by atoms with Crippen LogP contribution in [0.25, 0.3) is 0 Å². The average Bonchev–Trinajstić information content (AvgIpc) is 3.27. The van der Waals surface area contributed by atoms with Gasteiger partial charge in [-0.2, -0.15) is 0 Å². The Morgan fingerprint density at radius 1 is 1.17 bits per heavy atom. The van der Waals surface area contributed by atoms with Crippen LogP contribution in [-0.4, -0.2) is 62.7 Å². The average molecular weight is 424 g/mol. The van der Waals surface area contributed by atoms with E-state index in [0.717, 1.165) is 12.8 Å². The molecule has 3 atom stereocenters. The van der Waals surface area contributed by atoms with Crippen molar-refractivity contribution >= 4 is 29.9 Å². The molecule has 3 saturated heterocycles. The van der Waals surface area contributed by atoms with E-state index in [9.17, 15) is 9.59 Å². The minimum atomic E-state index is -0.308. The third-order valence-corrected chi connectivity index (χ3v) is 6.50. The summed E-state index contributed by atoms with van der Waals surface area (Å²) in [4.78, 5) is 29.4. The number of nitrogens with one attached hydrogen (secondary N) is 1. The van der Waals surface area contributed by atoms with E-state index in [-0.39, 0.29) is 42.6 Å². The van der Waals surface area contributed by atoms with Crippen LogP contribution >= 0.6 is 12.4 Å². The summed E-state index contributed by atoms with van der Waals surface area (Å²) in [6.07, 6.45) is 4.67. The van der Waals surface area contributed by atoms with Gasteiger partial charge in [-0.15, -0.1) is 12.4 Å². The minimum Gasteiger partial charge on any atom is -0.497 e. The predicted octanol–water partition coefficient (Wildman–Crippen LogP) is 2.22. The maximum atomic E-state index is 13.1. The Kier molecular flexibility index (Phi) is 6.58. The molecule has 3 fully saturated rings. The molecule has 7 nitrogen and oxygen atoms in total. The second-order valence-corrected chi connectivity index (χ2v) is 8.16. The summed E-state index contributed by atoms with van der Waals surface area (Å²) in [5.74, 6) is 0.969. The van der Waals surface area contributed by atoms with Gasteiger partial charge in [-0.25, -0.2) is 0 Å². The van der Waals surface area contributed by atoms with Crippen molar-refractivity contribution in [2.24, 2.45) is 5.92 Å². The van der Waals surface area contributed by atoms with Gasteiger partial charge < -0.3 is 24.6 Å². The smallest absolute Gasteiger partial charge is 0.228 e. The molecule has 3 aliphatic rings. The molecule has 29 heavy (non-hydrogen) atoms. The number of piperidine rings is 1. The third-order valence-electron chi connectivity index (χ3n) is 6.50. The lowest BCUT2D eigenvalue weighted by Crippen LogP contribution is -2.50. The Labute approximate surface area is 178 Å². The fourth-order valence-corrected chi connectivity index (χ4v) is 4.93. The number of ether oxygens (including phenoxy) is 2. The van der Waals surface area contributed by atoms with Gasteiger partial charge in [-0.1, -0.05) is 0 Å². The van der Waals surface area contributed by atoms with Crippen LogP contribution in [0.15, 0.2) is 18.2 Å².